The predicted molar refractivity (Wildman–Crippen MR) is 75.0 cm³/mol. The standard InChI is InChI=1S/C15H14F4N2O2/c16-10-3-5-11(6-4-10)20-14(23)12-2-1-8-21(12)9-7-13(22)15(17,18)19/h3-7,9,12H,1-2,8H2,(H,20,23). The van der Waals surface area contributed by atoms with E-state index in [-0.39, 0.29) is 0 Å². The van der Waals surface area contributed by atoms with Gasteiger partial charge in [-0.3, -0.25) is 9.59 Å². The van der Waals surface area contributed by atoms with Gasteiger partial charge in [0.25, 0.3) is 5.78 Å². The number of rotatable bonds is 4. The quantitative estimate of drug-likeness (QED) is 0.682. The summed E-state index contributed by atoms with van der Waals surface area (Å²) in [4.78, 5) is 24.4. The number of halogens is 4. The molecular formula is C15H14F4N2O2. The van der Waals surface area contributed by atoms with Gasteiger partial charge >= 0.3 is 6.18 Å². The number of hydrogen-bond donors (Lipinski definition) is 1. The summed E-state index contributed by atoms with van der Waals surface area (Å²) in [5, 5.41) is 2.57. The molecule has 4 nitrogen and oxygen atoms in total. The average Bonchev–Trinajstić information content (AvgIpc) is 2.94. The van der Waals surface area contributed by atoms with E-state index in [1.165, 1.54) is 29.2 Å². The zero-order chi connectivity index (χ0) is 17.0. The van der Waals surface area contributed by atoms with Gasteiger partial charge in [0.05, 0.1) is 0 Å². The lowest BCUT2D eigenvalue weighted by molar-refractivity contribution is -0.165. The second-order valence-electron chi connectivity index (χ2n) is 5.07. The molecular weight excluding hydrogens is 316 g/mol. The van der Waals surface area contributed by atoms with E-state index in [0.29, 0.717) is 31.1 Å². The lowest BCUT2D eigenvalue weighted by Crippen LogP contribution is -2.36. The summed E-state index contributed by atoms with van der Waals surface area (Å²) in [6.45, 7) is 0.378. The van der Waals surface area contributed by atoms with Crippen molar-refractivity contribution < 1.29 is 27.2 Å². The summed E-state index contributed by atoms with van der Waals surface area (Å²) in [6.07, 6.45) is -2.44. The monoisotopic (exact) mass is 330 g/mol. The van der Waals surface area contributed by atoms with Crippen LogP contribution in [0.3, 0.4) is 0 Å². The van der Waals surface area contributed by atoms with Crippen LogP contribution in [0.5, 0.6) is 0 Å². The summed E-state index contributed by atoms with van der Waals surface area (Å²) in [7, 11) is 0. The largest absolute Gasteiger partial charge is 0.454 e. The van der Waals surface area contributed by atoms with Crippen LogP contribution in [0.15, 0.2) is 36.5 Å². The Morgan fingerprint density at radius 3 is 2.48 bits per heavy atom. The minimum atomic E-state index is -4.93. The number of alkyl halides is 3. The van der Waals surface area contributed by atoms with Crippen LogP contribution in [-0.2, 0) is 9.59 Å². The molecule has 2 rings (SSSR count). The van der Waals surface area contributed by atoms with Gasteiger partial charge in [-0.1, -0.05) is 0 Å². The number of likely N-dealkylation sites (tertiary alicyclic amines) is 1. The maximum Gasteiger partial charge on any atom is 0.454 e. The topological polar surface area (TPSA) is 49.4 Å². The van der Waals surface area contributed by atoms with E-state index in [2.05, 4.69) is 5.32 Å². The fourth-order valence-electron chi connectivity index (χ4n) is 2.27. The summed E-state index contributed by atoms with van der Waals surface area (Å²) >= 11 is 0. The molecule has 1 heterocycles. The first-order valence-electron chi connectivity index (χ1n) is 6.89. The van der Waals surface area contributed by atoms with Crippen molar-refractivity contribution in [2.45, 2.75) is 25.1 Å². The van der Waals surface area contributed by atoms with E-state index in [1.807, 2.05) is 0 Å². The molecule has 0 bridgehead atoms. The molecule has 1 unspecified atom stereocenters. The normalized spacial score (nSPS) is 18.4. The van der Waals surface area contributed by atoms with Crippen LogP contribution in [0, 0.1) is 5.82 Å². The second-order valence-corrected chi connectivity index (χ2v) is 5.07. The third kappa shape index (κ3) is 4.54. The number of nitrogens with zero attached hydrogens (tertiary/aromatic N) is 1. The number of carbonyl (C=O) groups excluding carboxylic acids is 2. The number of carbonyl (C=O) groups is 2. The highest BCUT2D eigenvalue weighted by Gasteiger charge is 2.37. The molecule has 23 heavy (non-hydrogen) atoms. The molecule has 1 atom stereocenters. The lowest BCUT2D eigenvalue weighted by Gasteiger charge is -2.22. The Balaban J connectivity index is 2.00. The first-order chi connectivity index (χ1) is 10.8. The molecule has 0 aromatic heterocycles. The fourth-order valence-corrected chi connectivity index (χ4v) is 2.27. The average molecular weight is 330 g/mol. The van der Waals surface area contributed by atoms with Crippen molar-refractivity contribution >= 4 is 17.4 Å². The van der Waals surface area contributed by atoms with Gasteiger partial charge in [-0.05, 0) is 37.1 Å². The van der Waals surface area contributed by atoms with Crippen LogP contribution >= 0.6 is 0 Å². The minimum Gasteiger partial charge on any atom is -0.365 e. The molecule has 1 aromatic rings. The number of nitrogens with one attached hydrogen (secondary N) is 1. The van der Waals surface area contributed by atoms with Gasteiger partial charge in [-0.25, -0.2) is 4.39 Å². The van der Waals surface area contributed by atoms with E-state index < -0.39 is 29.7 Å². The van der Waals surface area contributed by atoms with Crippen molar-refractivity contribution in [2.75, 3.05) is 11.9 Å². The van der Waals surface area contributed by atoms with Crippen molar-refractivity contribution in [1.29, 1.82) is 0 Å². The van der Waals surface area contributed by atoms with Crippen molar-refractivity contribution in [3.8, 4) is 0 Å². The van der Waals surface area contributed by atoms with E-state index in [0.717, 1.165) is 6.20 Å². The van der Waals surface area contributed by atoms with Gasteiger partial charge in [-0.15, -0.1) is 0 Å². The first kappa shape index (κ1) is 17.0. The van der Waals surface area contributed by atoms with E-state index in [4.69, 9.17) is 0 Å². The van der Waals surface area contributed by atoms with Crippen molar-refractivity contribution in [1.82, 2.24) is 4.90 Å². The van der Waals surface area contributed by atoms with Gasteiger partial charge in [-0.2, -0.15) is 13.2 Å². The minimum absolute atomic E-state index is 0.378. The first-order valence-corrected chi connectivity index (χ1v) is 6.89. The molecule has 1 aliphatic rings. The van der Waals surface area contributed by atoms with Crippen LogP contribution in [0.1, 0.15) is 12.8 Å². The molecule has 8 heteroatoms. The van der Waals surface area contributed by atoms with Gasteiger partial charge in [0.1, 0.15) is 11.9 Å². The zero-order valence-electron chi connectivity index (χ0n) is 11.9. The highest BCUT2D eigenvalue weighted by molar-refractivity contribution is 5.96. The van der Waals surface area contributed by atoms with Crippen LogP contribution in [0.2, 0.25) is 0 Å². The number of hydrogen-bond acceptors (Lipinski definition) is 3. The third-order valence-electron chi connectivity index (χ3n) is 3.41. The van der Waals surface area contributed by atoms with Crippen LogP contribution < -0.4 is 5.32 Å². The number of anilines is 1. The highest BCUT2D eigenvalue weighted by Crippen LogP contribution is 2.21. The number of amides is 1. The van der Waals surface area contributed by atoms with Crippen LogP contribution in [0.4, 0.5) is 23.2 Å². The molecule has 1 aliphatic heterocycles. The lowest BCUT2D eigenvalue weighted by atomic mass is 10.2. The highest BCUT2D eigenvalue weighted by atomic mass is 19.4. The molecule has 1 fully saturated rings. The molecule has 1 amide bonds. The van der Waals surface area contributed by atoms with Gasteiger partial charge in [0, 0.05) is 24.5 Å². The van der Waals surface area contributed by atoms with Crippen molar-refractivity contribution in [3.05, 3.63) is 42.4 Å². The summed E-state index contributed by atoms with van der Waals surface area (Å²) in [5.74, 6) is -2.83. The smallest absolute Gasteiger partial charge is 0.365 e. The second kappa shape index (κ2) is 6.80. The van der Waals surface area contributed by atoms with Gasteiger partial charge in [0.15, 0.2) is 0 Å². The Morgan fingerprint density at radius 2 is 1.87 bits per heavy atom. The Bertz CT molecular complexity index is 611. The molecule has 0 saturated carbocycles. The van der Waals surface area contributed by atoms with E-state index >= 15 is 0 Å². The Labute approximate surface area is 129 Å². The zero-order valence-corrected chi connectivity index (χ0v) is 11.9. The SMILES string of the molecule is O=C(Nc1ccc(F)cc1)C1CCCN1C=CC(=O)C(F)(F)F. The Kier molecular flexibility index (Phi) is 5.02. The maximum absolute atomic E-state index is 12.8. The third-order valence-corrected chi connectivity index (χ3v) is 3.41. The molecule has 124 valence electrons. The molecule has 0 spiro atoms. The van der Waals surface area contributed by atoms with Crippen LogP contribution in [0.25, 0.3) is 0 Å². The summed E-state index contributed by atoms with van der Waals surface area (Å²) in [6, 6.07) is 4.47. The molecule has 1 saturated heterocycles. The number of allylic oxidation sites excluding steroid dienone is 1. The Hall–Kier alpha value is -2.38. The molecule has 1 aromatic carbocycles. The van der Waals surface area contributed by atoms with Gasteiger partial charge < -0.3 is 10.2 Å². The van der Waals surface area contributed by atoms with Crippen molar-refractivity contribution in [3.63, 3.8) is 0 Å². The van der Waals surface area contributed by atoms with Crippen molar-refractivity contribution in [2.24, 2.45) is 0 Å². The summed E-state index contributed by atoms with van der Waals surface area (Å²) in [5.41, 5.74) is 0.388. The summed E-state index contributed by atoms with van der Waals surface area (Å²) < 4.78 is 49.3. The fraction of sp³-hybridized carbons (Fsp3) is 0.333. The van der Waals surface area contributed by atoms with E-state index in [1.54, 1.807) is 0 Å². The molecule has 0 aliphatic carbocycles. The molecule has 1 N–H and O–H groups in total. The Morgan fingerprint density at radius 1 is 1.22 bits per heavy atom. The number of benzene rings is 1. The number of ketones is 1. The molecule has 0 radical (unpaired) electrons. The van der Waals surface area contributed by atoms with Gasteiger partial charge in [0.2, 0.25) is 5.91 Å². The maximum atomic E-state index is 12.8. The predicted octanol–water partition coefficient (Wildman–Crippen LogP) is 2.87. The van der Waals surface area contributed by atoms with E-state index in [9.17, 15) is 27.2 Å². The van der Waals surface area contributed by atoms with Crippen LogP contribution in [-0.4, -0.2) is 35.4 Å².